The van der Waals surface area contributed by atoms with Gasteiger partial charge < -0.3 is 20.1 Å². The largest absolute Gasteiger partial charge is 0.497 e. The number of rotatable bonds is 7. The molecule has 6 nitrogen and oxygen atoms in total. The van der Waals surface area contributed by atoms with E-state index < -0.39 is 0 Å². The van der Waals surface area contributed by atoms with Gasteiger partial charge in [-0.3, -0.25) is 4.79 Å². The van der Waals surface area contributed by atoms with Crippen LogP contribution in [0.5, 0.6) is 11.5 Å². The van der Waals surface area contributed by atoms with E-state index in [0.29, 0.717) is 34.6 Å². The van der Waals surface area contributed by atoms with Crippen molar-refractivity contribution in [3.05, 3.63) is 65.2 Å². The molecule has 0 saturated heterocycles. The van der Waals surface area contributed by atoms with Crippen LogP contribution >= 0.6 is 11.3 Å². The Kier molecular flexibility index (Phi) is 5.70. The average Bonchev–Trinajstić information content (AvgIpc) is 3.16. The molecule has 134 valence electrons. The molecule has 0 spiro atoms. The highest BCUT2D eigenvalue weighted by Crippen LogP contribution is 2.29. The van der Waals surface area contributed by atoms with E-state index in [1.165, 1.54) is 11.3 Å². The Morgan fingerprint density at radius 1 is 1.12 bits per heavy atom. The third-order valence-electron chi connectivity index (χ3n) is 3.68. The number of nitrogens with zero attached hydrogens (tertiary/aromatic N) is 1. The molecule has 0 unspecified atom stereocenters. The molecule has 1 heterocycles. The number of benzene rings is 2. The molecule has 0 fully saturated rings. The highest BCUT2D eigenvalue weighted by molar-refractivity contribution is 7.13. The number of hydrogen-bond donors (Lipinski definition) is 2. The van der Waals surface area contributed by atoms with Gasteiger partial charge in [0.05, 0.1) is 19.9 Å². The van der Waals surface area contributed by atoms with Gasteiger partial charge in [0, 0.05) is 18.0 Å². The fraction of sp³-hybridized carbons (Fsp3) is 0.158. The van der Waals surface area contributed by atoms with Crippen molar-refractivity contribution in [3.63, 3.8) is 0 Å². The van der Waals surface area contributed by atoms with E-state index in [2.05, 4.69) is 15.6 Å². The summed E-state index contributed by atoms with van der Waals surface area (Å²) in [7, 11) is 3.12. The van der Waals surface area contributed by atoms with Gasteiger partial charge in [-0.15, -0.1) is 11.3 Å². The Morgan fingerprint density at radius 2 is 1.92 bits per heavy atom. The number of thiazole rings is 1. The lowest BCUT2D eigenvalue weighted by Gasteiger charge is -2.10. The predicted molar refractivity (Wildman–Crippen MR) is 103 cm³/mol. The first-order chi connectivity index (χ1) is 12.7. The van der Waals surface area contributed by atoms with E-state index in [1.807, 2.05) is 30.3 Å². The molecule has 2 N–H and O–H groups in total. The molecular formula is C19H19N3O3S. The lowest BCUT2D eigenvalue weighted by Crippen LogP contribution is -2.13. The molecule has 1 amide bonds. The lowest BCUT2D eigenvalue weighted by molar-refractivity contribution is 0.102. The summed E-state index contributed by atoms with van der Waals surface area (Å²) < 4.78 is 10.4. The minimum absolute atomic E-state index is 0.294. The standard InChI is InChI=1S/C19H19N3O3S/c1-24-14-8-9-15(17(10-14)25-2)21-18(23)16-12-26-19(22-16)20-11-13-6-4-3-5-7-13/h3-10,12H,11H2,1-2H3,(H,20,22)(H,21,23). The van der Waals surface area contributed by atoms with Gasteiger partial charge in [0.1, 0.15) is 17.2 Å². The van der Waals surface area contributed by atoms with Gasteiger partial charge in [0.2, 0.25) is 0 Å². The van der Waals surface area contributed by atoms with E-state index in [0.717, 1.165) is 5.56 Å². The summed E-state index contributed by atoms with van der Waals surface area (Å²) in [6.07, 6.45) is 0. The second-order valence-corrected chi connectivity index (χ2v) is 6.26. The third-order valence-corrected chi connectivity index (χ3v) is 4.48. The highest BCUT2D eigenvalue weighted by Gasteiger charge is 2.14. The van der Waals surface area contributed by atoms with Crippen LogP contribution in [0.25, 0.3) is 0 Å². The number of aromatic nitrogens is 1. The van der Waals surface area contributed by atoms with Gasteiger partial charge in [-0.25, -0.2) is 4.98 Å². The zero-order chi connectivity index (χ0) is 18.4. The fourth-order valence-corrected chi connectivity index (χ4v) is 3.01. The Balaban J connectivity index is 1.65. The molecule has 1 aromatic heterocycles. The van der Waals surface area contributed by atoms with Crippen molar-refractivity contribution in [1.82, 2.24) is 4.98 Å². The lowest BCUT2D eigenvalue weighted by atomic mass is 10.2. The number of carbonyl (C=O) groups excluding carboxylic acids is 1. The van der Waals surface area contributed by atoms with Gasteiger partial charge >= 0.3 is 0 Å². The normalized spacial score (nSPS) is 10.2. The molecule has 0 aliphatic rings. The van der Waals surface area contributed by atoms with Crippen molar-refractivity contribution in [1.29, 1.82) is 0 Å². The first-order valence-corrected chi connectivity index (χ1v) is 8.84. The van der Waals surface area contributed by atoms with Crippen LogP contribution in [0.15, 0.2) is 53.9 Å². The Hall–Kier alpha value is -3.06. The SMILES string of the molecule is COc1ccc(NC(=O)c2csc(NCc3ccccc3)n2)c(OC)c1. The molecule has 0 bridgehead atoms. The first-order valence-electron chi connectivity index (χ1n) is 7.96. The number of carbonyl (C=O) groups is 1. The van der Waals surface area contributed by atoms with Gasteiger partial charge in [0.25, 0.3) is 5.91 Å². The summed E-state index contributed by atoms with van der Waals surface area (Å²) in [6.45, 7) is 0.654. The van der Waals surface area contributed by atoms with Crippen LogP contribution in [0.1, 0.15) is 16.1 Å². The molecule has 26 heavy (non-hydrogen) atoms. The van der Waals surface area contributed by atoms with E-state index in [4.69, 9.17) is 9.47 Å². The summed E-state index contributed by atoms with van der Waals surface area (Å²) in [5, 5.41) is 8.45. The van der Waals surface area contributed by atoms with Crippen molar-refractivity contribution in [2.24, 2.45) is 0 Å². The zero-order valence-electron chi connectivity index (χ0n) is 14.5. The van der Waals surface area contributed by atoms with Crippen LogP contribution in [0.3, 0.4) is 0 Å². The Bertz CT molecular complexity index is 881. The number of nitrogens with one attached hydrogen (secondary N) is 2. The Labute approximate surface area is 155 Å². The maximum absolute atomic E-state index is 12.4. The second kappa shape index (κ2) is 8.35. The molecular weight excluding hydrogens is 350 g/mol. The van der Waals surface area contributed by atoms with Crippen LogP contribution in [-0.4, -0.2) is 25.1 Å². The predicted octanol–water partition coefficient (Wildman–Crippen LogP) is 4.02. The molecule has 0 radical (unpaired) electrons. The number of ether oxygens (including phenoxy) is 2. The van der Waals surface area contributed by atoms with E-state index in [-0.39, 0.29) is 5.91 Å². The van der Waals surface area contributed by atoms with Crippen LogP contribution in [0.4, 0.5) is 10.8 Å². The van der Waals surface area contributed by atoms with Crippen molar-refractivity contribution in [3.8, 4) is 11.5 Å². The van der Waals surface area contributed by atoms with Gasteiger partial charge in [0.15, 0.2) is 5.13 Å². The van der Waals surface area contributed by atoms with Crippen LogP contribution in [0, 0.1) is 0 Å². The minimum atomic E-state index is -0.294. The average molecular weight is 369 g/mol. The molecule has 0 saturated carbocycles. The highest BCUT2D eigenvalue weighted by atomic mass is 32.1. The van der Waals surface area contributed by atoms with Gasteiger partial charge in [-0.1, -0.05) is 30.3 Å². The van der Waals surface area contributed by atoms with Crippen LogP contribution in [-0.2, 0) is 6.54 Å². The molecule has 0 aliphatic carbocycles. The van der Waals surface area contributed by atoms with Gasteiger partial charge in [-0.2, -0.15) is 0 Å². The zero-order valence-corrected chi connectivity index (χ0v) is 15.3. The van der Waals surface area contributed by atoms with Crippen molar-refractivity contribution in [2.75, 3.05) is 24.9 Å². The molecule has 0 aliphatic heterocycles. The molecule has 2 aromatic carbocycles. The number of methoxy groups -OCH3 is 2. The second-order valence-electron chi connectivity index (χ2n) is 5.40. The summed E-state index contributed by atoms with van der Waals surface area (Å²) in [4.78, 5) is 16.8. The molecule has 7 heteroatoms. The molecule has 3 aromatic rings. The summed E-state index contributed by atoms with van der Waals surface area (Å²) in [5.41, 5.74) is 2.06. The number of anilines is 2. The van der Waals surface area contributed by atoms with E-state index in [9.17, 15) is 4.79 Å². The molecule has 0 atom stereocenters. The van der Waals surface area contributed by atoms with E-state index in [1.54, 1.807) is 37.8 Å². The molecule has 3 rings (SSSR count). The van der Waals surface area contributed by atoms with Gasteiger partial charge in [-0.05, 0) is 17.7 Å². The summed E-state index contributed by atoms with van der Waals surface area (Å²) >= 11 is 1.39. The quantitative estimate of drug-likeness (QED) is 0.658. The topological polar surface area (TPSA) is 72.5 Å². The maximum atomic E-state index is 12.4. The number of amides is 1. The van der Waals surface area contributed by atoms with Crippen LogP contribution < -0.4 is 20.1 Å². The fourth-order valence-electron chi connectivity index (χ4n) is 2.32. The van der Waals surface area contributed by atoms with Crippen molar-refractivity contribution >= 4 is 28.1 Å². The first kappa shape index (κ1) is 17.8. The smallest absolute Gasteiger partial charge is 0.275 e. The van der Waals surface area contributed by atoms with Crippen molar-refractivity contribution in [2.45, 2.75) is 6.54 Å². The summed E-state index contributed by atoms with van der Waals surface area (Å²) in [5.74, 6) is 0.883. The number of hydrogen-bond acceptors (Lipinski definition) is 6. The van der Waals surface area contributed by atoms with E-state index >= 15 is 0 Å². The van der Waals surface area contributed by atoms with Crippen molar-refractivity contribution < 1.29 is 14.3 Å². The Morgan fingerprint density at radius 3 is 2.65 bits per heavy atom. The monoisotopic (exact) mass is 369 g/mol. The summed E-state index contributed by atoms with van der Waals surface area (Å²) in [6, 6.07) is 15.2. The maximum Gasteiger partial charge on any atom is 0.275 e. The third kappa shape index (κ3) is 4.31. The minimum Gasteiger partial charge on any atom is -0.497 e. The van der Waals surface area contributed by atoms with Crippen LogP contribution in [0.2, 0.25) is 0 Å².